The van der Waals surface area contributed by atoms with Gasteiger partial charge in [0.2, 0.25) is 5.91 Å². The van der Waals surface area contributed by atoms with E-state index in [1.165, 1.54) is 0 Å². The molecule has 0 aromatic rings. The fourth-order valence-corrected chi connectivity index (χ4v) is 1.19. The Morgan fingerprint density at radius 1 is 1.20 bits per heavy atom. The van der Waals surface area contributed by atoms with Gasteiger partial charge in [0, 0.05) is 5.92 Å². The number of hydrogen-bond acceptors (Lipinski definition) is 3. The molecule has 2 amide bonds. The highest BCUT2D eigenvalue weighted by Crippen LogP contribution is 2.25. The zero-order valence-electron chi connectivity index (χ0n) is 9.42. The van der Waals surface area contributed by atoms with Crippen LogP contribution in [0.25, 0.3) is 0 Å². The van der Waals surface area contributed by atoms with Crippen molar-refractivity contribution in [3.8, 4) is 0 Å². The maximum absolute atomic E-state index is 11.3. The van der Waals surface area contributed by atoms with Crippen molar-refractivity contribution in [2.45, 2.75) is 45.6 Å². The molecule has 0 heterocycles. The number of ether oxygens (including phenoxy) is 1. The molecule has 0 radical (unpaired) electrons. The molecule has 0 unspecified atom stereocenters. The molecule has 1 aliphatic carbocycles. The smallest absolute Gasteiger partial charge is 0.426 e. The molecule has 2 N–H and O–H groups in total. The van der Waals surface area contributed by atoms with Crippen LogP contribution in [0, 0.1) is 5.92 Å². The third-order valence-electron chi connectivity index (χ3n) is 2.16. The van der Waals surface area contributed by atoms with Gasteiger partial charge in [-0.25, -0.2) is 10.2 Å². The van der Waals surface area contributed by atoms with Crippen LogP contribution in [-0.4, -0.2) is 17.6 Å². The van der Waals surface area contributed by atoms with Gasteiger partial charge in [-0.1, -0.05) is 6.42 Å². The van der Waals surface area contributed by atoms with Gasteiger partial charge in [0.05, 0.1) is 0 Å². The number of amides is 2. The molecular formula is C10H18N2O3. The molecule has 0 bridgehead atoms. The Bertz CT molecular complexity index is 254. The zero-order chi connectivity index (χ0) is 11.5. The van der Waals surface area contributed by atoms with Crippen molar-refractivity contribution < 1.29 is 14.3 Å². The van der Waals surface area contributed by atoms with Gasteiger partial charge in [-0.15, -0.1) is 0 Å². The van der Waals surface area contributed by atoms with Crippen LogP contribution in [0.5, 0.6) is 0 Å². The molecule has 5 nitrogen and oxygen atoms in total. The topological polar surface area (TPSA) is 67.4 Å². The maximum Gasteiger partial charge on any atom is 0.426 e. The molecule has 1 aliphatic rings. The first-order chi connectivity index (χ1) is 6.88. The third-order valence-corrected chi connectivity index (χ3v) is 2.16. The molecule has 5 heteroatoms. The minimum atomic E-state index is -0.629. The van der Waals surface area contributed by atoms with Gasteiger partial charge < -0.3 is 4.74 Å². The first kappa shape index (κ1) is 11.8. The van der Waals surface area contributed by atoms with E-state index in [1.54, 1.807) is 20.8 Å². The predicted octanol–water partition coefficient (Wildman–Crippen LogP) is 1.34. The lowest BCUT2D eigenvalue weighted by Gasteiger charge is -2.25. The number of hydrogen-bond donors (Lipinski definition) is 2. The van der Waals surface area contributed by atoms with E-state index in [0.29, 0.717) is 0 Å². The Hall–Kier alpha value is -1.26. The van der Waals surface area contributed by atoms with Crippen molar-refractivity contribution >= 4 is 12.0 Å². The summed E-state index contributed by atoms with van der Waals surface area (Å²) in [4.78, 5) is 22.5. The molecule has 0 aromatic heterocycles. The van der Waals surface area contributed by atoms with Gasteiger partial charge in [-0.3, -0.25) is 10.2 Å². The van der Waals surface area contributed by atoms with Gasteiger partial charge in [0.25, 0.3) is 0 Å². The molecule has 0 saturated heterocycles. The summed E-state index contributed by atoms with van der Waals surface area (Å²) in [7, 11) is 0. The molecule has 0 aliphatic heterocycles. The molecule has 0 atom stereocenters. The highest BCUT2D eigenvalue weighted by Gasteiger charge is 2.25. The standard InChI is InChI=1S/C10H18N2O3/c1-10(2,3)15-9(14)12-11-8(13)7-5-4-6-7/h7H,4-6H2,1-3H3,(H,11,13)(H,12,14). The van der Waals surface area contributed by atoms with E-state index in [0.717, 1.165) is 19.3 Å². The molecule has 1 fully saturated rings. The van der Waals surface area contributed by atoms with E-state index < -0.39 is 11.7 Å². The van der Waals surface area contributed by atoms with E-state index in [2.05, 4.69) is 10.9 Å². The first-order valence-corrected chi connectivity index (χ1v) is 5.17. The lowest BCUT2D eigenvalue weighted by Crippen LogP contribution is -2.47. The lowest BCUT2D eigenvalue weighted by molar-refractivity contribution is -0.128. The van der Waals surface area contributed by atoms with Gasteiger partial charge in [0.1, 0.15) is 5.60 Å². The molecule has 15 heavy (non-hydrogen) atoms. The summed E-state index contributed by atoms with van der Waals surface area (Å²) in [5.41, 5.74) is 4.02. The number of carbonyl (C=O) groups is 2. The summed E-state index contributed by atoms with van der Waals surface area (Å²) >= 11 is 0. The first-order valence-electron chi connectivity index (χ1n) is 5.17. The van der Waals surface area contributed by atoms with Crippen molar-refractivity contribution in [3.63, 3.8) is 0 Å². The van der Waals surface area contributed by atoms with Gasteiger partial charge in [-0.2, -0.15) is 0 Å². The number of nitrogens with one attached hydrogen (secondary N) is 2. The number of carbonyl (C=O) groups excluding carboxylic acids is 2. The molecule has 0 spiro atoms. The van der Waals surface area contributed by atoms with Crippen molar-refractivity contribution in [1.29, 1.82) is 0 Å². The van der Waals surface area contributed by atoms with Gasteiger partial charge in [0.15, 0.2) is 0 Å². The predicted molar refractivity (Wildman–Crippen MR) is 54.9 cm³/mol. The summed E-state index contributed by atoms with van der Waals surface area (Å²) in [6.45, 7) is 5.29. The summed E-state index contributed by atoms with van der Waals surface area (Å²) in [5, 5.41) is 0. The SMILES string of the molecule is CC(C)(C)OC(=O)NNC(=O)C1CCC1. The van der Waals surface area contributed by atoms with Crippen molar-refractivity contribution in [1.82, 2.24) is 10.9 Å². The Kier molecular flexibility index (Phi) is 3.55. The summed E-state index contributed by atoms with van der Waals surface area (Å²) in [6, 6.07) is 0. The van der Waals surface area contributed by atoms with Crippen LogP contribution in [0.4, 0.5) is 4.79 Å². The van der Waals surface area contributed by atoms with Crippen molar-refractivity contribution in [2.24, 2.45) is 5.92 Å². The zero-order valence-corrected chi connectivity index (χ0v) is 9.42. The average Bonchev–Trinajstić information content (AvgIpc) is 1.94. The second-order valence-corrected chi connectivity index (χ2v) is 4.74. The highest BCUT2D eigenvalue weighted by molar-refractivity contribution is 5.81. The molecule has 1 saturated carbocycles. The fraction of sp³-hybridized carbons (Fsp3) is 0.800. The summed E-state index contributed by atoms with van der Waals surface area (Å²) in [6.07, 6.45) is 2.27. The number of hydrazine groups is 1. The third kappa shape index (κ3) is 4.18. The Morgan fingerprint density at radius 2 is 1.80 bits per heavy atom. The number of rotatable bonds is 1. The second-order valence-electron chi connectivity index (χ2n) is 4.74. The molecule has 86 valence electrons. The fourth-order valence-electron chi connectivity index (χ4n) is 1.19. The van der Waals surface area contributed by atoms with E-state index in [-0.39, 0.29) is 11.8 Å². The van der Waals surface area contributed by atoms with Crippen LogP contribution in [0.3, 0.4) is 0 Å². The van der Waals surface area contributed by atoms with Crippen LogP contribution in [0.15, 0.2) is 0 Å². The normalized spacial score (nSPS) is 16.5. The van der Waals surface area contributed by atoms with Crippen LogP contribution in [-0.2, 0) is 9.53 Å². The van der Waals surface area contributed by atoms with E-state index in [4.69, 9.17) is 4.74 Å². The van der Waals surface area contributed by atoms with Gasteiger partial charge in [-0.05, 0) is 33.6 Å². The lowest BCUT2D eigenvalue weighted by atomic mass is 9.85. The van der Waals surface area contributed by atoms with Crippen molar-refractivity contribution in [2.75, 3.05) is 0 Å². The quantitative estimate of drug-likeness (QED) is 0.647. The minimum absolute atomic E-state index is 0.0555. The Morgan fingerprint density at radius 3 is 2.20 bits per heavy atom. The van der Waals surface area contributed by atoms with Crippen molar-refractivity contribution in [3.05, 3.63) is 0 Å². The minimum Gasteiger partial charge on any atom is -0.443 e. The largest absolute Gasteiger partial charge is 0.443 e. The van der Waals surface area contributed by atoms with Crippen LogP contribution in [0.1, 0.15) is 40.0 Å². The molecule has 1 rings (SSSR count). The summed E-state index contributed by atoms with van der Waals surface area (Å²) in [5.74, 6) is -0.0768. The van der Waals surface area contributed by atoms with E-state index in [1.807, 2.05) is 0 Å². The average molecular weight is 214 g/mol. The second kappa shape index (κ2) is 4.51. The maximum atomic E-state index is 11.3. The van der Waals surface area contributed by atoms with E-state index in [9.17, 15) is 9.59 Å². The van der Waals surface area contributed by atoms with Crippen LogP contribution >= 0.6 is 0 Å². The Balaban J connectivity index is 2.18. The van der Waals surface area contributed by atoms with Crippen LogP contribution in [0.2, 0.25) is 0 Å². The van der Waals surface area contributed by atoms with Crippen LogP contribution < -0.4 is 10.9 Å². The highest BCUT2D eigenvalue weighted by atomic mass is 16.6. The van der Waals surface area contributed by atoms with Gasteiger partial charge >= 0.3 is 6.09 Å². The Labute approximate surface area is 89.5 Å². The summed E-state index contributed by atoms with van der Waals surface area (Å²) < 4.78 is 4.95. The van der Waals surface area contributed by atoms with E-state index >= 15 is 0 Å². The molecule has 0 aromatic carbocycles. The monoisotopic (exact) mass is 214 g/mol. The molecular weight excluding hydrogens is 196 g/mol.